The maximum atomic E-state index is 12.3. The standard InChI is InChI=1S/C17H19Cl3N2O4S/c1-3-4-14-15(22-27(23,24)25-9-17(18,19)20)12-8-11-6-5-10(2)7-13(11)21-16(12)26-14/h5-8,14-15,22H,3-4,9H2,1-2H3/t14-,15+/m1/s1. The Balaban J connectivity index is 1.92. The summed E-state index contributed by atoms with van der Waals surface area (Å²) in [5.74, 6) is 0.417. The number of nitrogens with zero attached hydrogens (tertiary/aromatic N) is 1. The number of hydrogen-bond donors (Lipinski definition) is 1. The van der Waals surface area contributed by atoms with Gasteiger partial charge in [-0.05, 0) is 31.0 Å². The van der Waals surface area contributed by atoms with Crippen LogP contribution in [0.4, 0.5) is 0 Å². The molecule has 1 aliphatic rings. The van der Waals surface area contributed by atoms with Crippen molar-refractivity contribution in [3.63, 3.8) is 0 Å². The van der Waals surface area contributed by atoms with Gasteiger partial charge in [0, 0.05) is 10.9 Å². The number of benzene rings is 1. The summed E-state index contributed by atoms with van der Waals surface area (Å²) in [4.78, 5) is 4.55. The number of halogens is 3. The van der Waals surface area contributed by atoms with Crippen LogP contribution in [0.5, 0.6) is 5.88 Å². The highest BCUT2D eigenvalue weighted by Gasteiger charge is 2.38. The van der Waals surface area contributed by atoms with Crippen molar-refractivity contribution < 1.29 is 17.3 Å². The molecule has 1 aliphatic heterocycles. The Morgan fingerprint density at radius 2 is 2.04 bits per heavy atom. The Bertz CT molecular complexity index is 947. The molecule has 1 aromatic carbocycles. The second-order valence-electron chi connectivity index (χ2n) is 6.45. The number of aryl methyl sites for hydroxylation is 1. The van der Waals surface area contributed by atoms with Crippen molar-refractivity contribution in [1.29, 1.82) is 0 Å². The van der Waals surface area contributed by atoms with Crippen LogP contribution in [0.25, 0.3) is 10.9 Å². The average Bonchev–Trinajstić information content (AvgIpc) is 2.87. The van der Waals surface area contributed by atoms with Crippen LogP contribution in [0.1, 0.15) is 36.9 Å². The van der Waals surface area contributed by atoms with Crippen molar-refractivity contribution >= 4 is 56.0 Å². The Morgan fingerprint density at radius 3 is 2.70 bits per heavy atom. The van der Waals surface area contributed by atoms with E-state index < -0.39 is 32.8 Å². The maximum Gasteiger partial charge on any atom is 0.336 e. The Hall–Kier alpha value is -0.830. The third-order valence-electron chi connectivity index (χ3n) is 4.16. The van der Waals surface area contributed by atoms with Gasteiger partial charge in [-0.1, -0.05) is 60.3 Å². The predicted octanol–water partition coefficient (Wildman–Crippen LogP) is 4.37. The maximum absolute atomic E-state index is 12.3. The summed E-state index contributed by atoms with van der Waals surface area (Å²) < 4.78 is 36.0. The van der Waals surface area contributed by atoms with Crippen LogP contribution in [0, 0.1) is 6.92 Å². The molecule has 2 aromatic rings. The molecular weight excluding hydrogens is 435 g/mol. The zero-order chi connectivity index (χ0) is 19.8. The van der Waals surface area contributed by atoms with Gasteiger partial charge in [-0.2, -0.15) is 13.1 Å². The fraction of sp³-hybridized carbons (Fsp3) is 0.471. The first-order valence-corrected chi connectivity index (χ1v) is 10.9. The van der Waals surface area contributed by atoms with E-state index in [0.29, 0.717) is 17.9 Å². The van der Waals surface area contributed by atoms with Crippen LogP contribution in [-0.2, 0) is 14.5 Å². The van der Waals surface area contributed by atoms with Crippen LogP contribution in [0.15, 0.2) is 24.3 Å². The van der Waals surface area contributed by atoms with E-state index in [9.17, 15) is 8.42 Å². The lowest BCUT2D eigenvalue weighted by molar-refractivity contribution is 0.179. The van der Waals surface area contributed by atoms with Crippen molar-refractivity contribution in [2.45, 2.75) is 42.6 Å². The number of alkyl halides is 3. The molecule has 0 unspecified atom stereocenters. The molecule has 0 spiro atoms. The van der Waals surface area contributed by atoms with Crippen LogP contribution < -0.4 is 9.46 Å². The molecule has 27 heavy (non-hydrogen) atoms. The summed E-state index contributed by atoms with van der Waals surface area (Å²) >= 11 is 16.7. The fourth-order valence-corrected chi connectivity index (χ4v) is 4.34. The highest BCUT2D eigenvalue weighted by molar-refractivity contribution is 7.84. The number of fused-ring (bicyclic) bond motifs is 2. The van der Waals surface area contributed by atoms with Gasteiger partial charge in [0.05, 0.1) is 11.6 Å². The van der Waals surface area contributed by atoms with Gasteiger partial charge in [0.2, 0.25) is 9.67 Å². The third kappa shape index (κ3) is 5.16. The second kappa shape index (κ2) is 7.89. The highest BCUT2D eigenvalue weighted by Crippen LogP contribution is 2.39. The van der Waals surface area contributed by atoms with E-state index in [1.807, 2.05) is 38.1 Å². The van der Waals surface area contributed by atoms with E-state index in [0.717, 1.165) is 22.9 Å². The van der Waals surface area contributed by atoms with Crippen LogP contribution in [0.3, 0.4) is 0 Å². The molecule has 2 heterocycles. The number of rotatable bonds is 6. The summed E-state index contributed by atoms with van der Waals surface area (Å²) in [5.41, 5.74) is 2.53. The van der Waals surface area contributed by atoms with Crippen molar-refractivity contribution in [2.24, 2.45) is 0 Å². The minimum Gasteiger partial charge on any atom is -0.472 e. The van der Waals surface area contributed by atoms with E-state index in [1.54, 1.807) is 0 Å². The Morgan fingerprint density at radius 1 is 1.30 bits per heavy atom. The molecule has 0 bridgehead atoms. The molecule has 1 N–H and O–H groups in total. The van der Waals surface area contributed by atoms with Gasteiger partial charge in [0.25, 0.3) is 0 Å². The third-order valence-corrected chi connectivity index (χ3v) is 5.46. The minimum atomic E-state index is -4.16. The van der Waals surface area contributed by atoms with Crippen LogP contribution in [0.2, 0.25) is 0 Å². The quantitative estimate of drug-likeness (QED) is 0.657. The summed E-state index contributed by atoms with van der Waals surface area (Å²) in [6.07, 6.45) is 1.05. The fourth-order valence-electron chi connectivity index (χ4n) is 2.99. The molecule has 2 atom stereocenters. The SMILES string of the molecule is CCC[C@H]1Oc2nc3cc(C)ccc3cc2[C@@H]1NS(=O)(=O)OCC(Cl)(Cl)Cl. The molecule has 3 rings (SSSR count). The highest BCUT2D eigenvalue weighted by atomic mass is 35.6. The predicted molar refractivity (Wildman–Crippen MR) is 107 cm³/mol. The number of aromatic nitrogens is 1. The lowest BCUT2D eigenvalue weighted by Gasteiger charge is -2.20. The van der Waals surface area contributed by atoms with Crippen molar-refractivity contribution in [2.75, 3.05) is 6.61 Å². The van der Waals surface area contributed by atoms with Crippen LogP contribution >= 0.6 is 34.8 Å². The van der Waals surface area contributed by atoms with Crippen molar-refractivity contribution in [3.8, 4) is 5.88 Å². The molecule has 10 heteroatoms. The smallest absolute Gasteiger partial charge is 0.336 e. The molecule has 0 amide bonds. The van der Waals surface area contributed by atoms with Gasteiger partial charge in [0.15, 0.2) is 0 Å². The van der Waals surface area contributed by atoms with Crippen molar-refractivity contribution in [1.82, 2.24) is 9.71 Å². The van der Waals surface area contributed by atoms with Gasteiger partial charge in [0.1, 0.15) is 12.7 Å². The Kier molecular flexibility index (Phi) is 6.11. The zero-order valence-electron chi connectivity index (χ0n) is 14.7. The minimum absolute atomic E-state index is 0.401. The molecule has 0 aliphatic carbocycles. The molecule has 0 saturated heterocycles. The number of nitrogens with one attached hydrogen (secondary N) is 1. The molecule has 0 fully saturated rings. The van der Waals surface area contributed by atoms with Gasteiger partial charge in [-0.3, -0.25) is 4.18 Å². The van der Waals surface area contributed by atoms with Gasteiger partial charge in [-0.25, -0.2) is 4.98 Å². The normalized spacial score (nSPS) is 19.9. The largest absolute Gasteiger partial charge is 0.472 e. The first-order chi connectivity index (χ1) is 12.6. The van der Waals surface area contributed by atoms with Gasteiger partial charge >= 0.3 is 10.3 Å². The second-order valence-corrected chi connectivity index (χ2v) is 10.3. The van der Waals surface area contributed by atoms with Gasteiger partial charge < -0.3 is 4.74 Å². The number of hydrogen-bond acceptors (Lipinski definition) is 5. The molecule has 0 saturated carbocycles. The van der Waals surface area contributed by atoms with Crippen LogP contribution in [-0.4, -0.2) is 29.9 Å². The Labute approximate surface area is 173 Å². The summed E-state index contributed by atoms with van der Waals surface area (Å²) in [5, 5.41) is 0.895. The van der Waals surface area contributed by atoms with Crippen molar-refractivity contribution in [3.05, 3.63) is 35.4 Å². The lowest BCUT2D eigenvalue weighted by Crippen LogP contribution is -2.37. The molecule has 0 radical (unpaired) electrons. The van der Waals surface area contributed by atoms with Gasteiger partial charge in [-0.15, -0.1) is 0 Å². The monoisotopic (exact) mass is 452 g/mol. The summed E-state index contributed by atoms with van der Waals surface area (Å²) in [6.45, 7) is 3.37. The number of ether oxygens (including phenoxy) is 1. The first-order valence-electron chi connectivity index (χ1n) is 8.39. The van der Waals surface area contributed by atoms with E-state index in [2.05, 4.69) is 9.71 Å². The molecule has 148 valence electrons. The summed E-state index contributed by atoms with van der Waals surface area (Å²) in [6, 6.07) is 7.11. The molecule has 1 aromatic heterocycles. The molecule has 6 nitrogen and oxygen atoms in total. The topological polar surface area (TPSA) is 77.5 Å². The lowest BCUT2D eigenvalue weighted by atomic mass is 10.0. The molecular formula is C17H19Cl3N2O4S. The summed E-state index contributed by atoms with van der Waals surface area (Å²) in [7, 11) is -4.16. The average molecular weight is 454 g/mol. The van der Waals surface area contributed by atoms with E-state index in [1.165, 1.54) is 0 Å². The van der Waals surface area contributed by atoms with E-state index in [4.69, 9.17) is 43.7 Å². The zero-order valence-corrected chi connectivity index (χ0v) is 17.8. The first kappa shape index (κ1) is 20.9. The number of pyridine rings is 1. The van der Waals surface area contributed by atoms with E-state index >= 15 is 0 Å². The van der Waals surface area contributed by atoms with E-state index in [-0.39, 0.29) is 0 Å².